The molecule has 0 aromatic heterocycles. The van der Waals surface area contributed by atoms with E-state index in [1.807, 2.05) is 0 Å². The maximum absolute atomic E-state index is 12.5. The van der Waals surface area contributed by atoms with Crippen molar-refractivity contribution in [3.8, 4) is 18.1 Å². The van der Waals surface area contributed by atoms with Crippen LogP contribution in [0.25, 0.3) is 0 Å². The molecule has 1 rings (SSSR count). The van der Waals surface area contributed by atoms with E-state index in [-0.39, 0.29) is 11.3 Å². The van der Waals surface area contributed by atoms with E-state index in [1.54, 1.807) is 0 Å². The number of halogens is 1. The van der Waals surface area contributed by atoms with Crippen molar-refractivity contribution in [1.29, 1.82) is 0 Å². The third-order valence-corrected chi connectivity index (χ3v) is 1.11. The first-order chi connectivity index (χ1) is 4.74. The monoisotopic (exact) mass is 136 g/mol. The van der Waals surface area contributed by atoms with E-state index in [2.05, 4.69) is 5.92 Å². The zero-order chi connectivity index (χ0) is 7.56. The zero-order valence-corrected chi connectivity index (χ0v) is 5.13. The van der Waals surface area contributed by atoms with Crippen LogP contribution in [0, 0.1) is 18.2 Å². The molecule has 1 nitrogen and oxygen atoms in total. The van der Waals surface area contributed by atoms with Gasteiger partial charge in [-0.1, -0.05) is 5.92 Å². The van der Waals surface area contributed by atoms with Crippen molar-refractivity contribution < 1.29 is 9.50 Å². The third-order valence-electron chi connectivity index (χ3n) is 1.11. The van der Waals surface area contributed by atoms with Crippen LogP contribution in [-0.4, -0.2) is 5.11 Å². The molecule has 1 aromatic rings. The second-order valence-electron chi connectivity index (χ2n) is 1.81. The molecule has 0 bridgehead atoms. The van der Waals surface area contributed by atoms with Crippen molar-refractivity contribution in [3.05, 3.63) is 29.6 Å². The molecule has 0 unspecified atom stereocenters. The Morgan fingerprint density at radius 2 is 2.20 bits per heavy atom. The van der Waals surface area contributed by atoms with Crippen LogP contribution < -0.4 is 0 Å². The molecule has 1 aromatic carbocycles. The highest BCUT2D eigenvalue weighted by Crippen LogP contribution is 2.13. The molecule has 0 amide bonds. The summed E-state index contributed by atoms with van der Waals surface area (Å²) >= 11 is 0. The summed E-state index contributed by atoms with van der Waals surface area (Å²) in [4.78, 5) is 0. The van der Waals surface area contributed by atoms with Crippen LogP contribution in [0.1, 0.15) is 5.56 Å². The van der Waals surface area contributed by atoms with Gasteiger partial charge in [0, 0.05) is 0 Å². The fourth-order valence-electron chi connectivity index (χ4n) is 0.624. The topological polar surface area (TPSA) is 20.2 Å². The van der Waals surface area contributed by atoms with Crippen LogP contribution in [0.5, 0.6) is 5.75 Å². The summed E-state index contributed by atoms with van der Waals surface area (Å²) in [5.74, 6) is 1.60. The van der Waals surface area contributed by atoms with Gasteiger partial charge in [0.25, 0.3) is 0 Å². The second-order valence-corrected chi connectivity index (χ2v) is 1.81. The van der Waals surface area contributed by atoms with Gasteiger partial charge in [-0.2, -0.15) is 0 Å². The molecule has 0 heterocycles. The maximum Gasteiger partial charge on any atom is 0.139 e. The number of aromatic hydroxyl groups is 1. The Bertz CT molecular complexity index is 286. The first-order valence-corrected chi connectivity index (χ1v) is 2.69. The summed E-state index contributed by atoms with van der Waals surface area (Å²) < 4.78 is 12.5. The molecule has 1 N–H and O–H groups in total. The second kappa shape index (κ2) is 2.40. The van der Waals surface area contributed by atoms with Crippen LogP contribution in [0.15, 0.2) is 18.2 Å². The summed E-state index contributed by atoms with van der Waals surface area (Å²) in [6, 6.07) is 3.58. The number of phenolic OH excluding ortho intramolecular Hbond substituents is 1. The Morgan fingerprint density at radius 1 is 1.50 bits per heavy atom. The molecule has 0 spiro atoms. The van der Waals surface area contributed by atoms with Gasteiger partial charge in [0.1, 0.15) is 11.6 Å². The number of hydrogen-bond donors (Lipinski definition) is 1. The largest absolute Gasteiger partial charge is 0.508 e. The molecular formula is C8H5FO. The quantitative estimate of drug-likeness (QED) is 0.536. The number of benzene rings is 1. The van der Waals surface area contributed by atoms with Gasteiger partial charge in [-0.05, 0) is 18.2 Å². The lowest BCUT2D eigenvalue weighted by molar-refractivity contribution is 0.473. The lowest BCUT2D eigenvalue weighted by Gasteiger charge is -1.93. The van der Waals surface area contributed by atoms with Gasteiger partial charge >= 0.3 is 0 Å². The van der Waals surface area contributed by atoms with Crippen LogP contribution in [0.3, 0.4) is 0 Å². The van der Waals surface area contributed by atoms with Gasteiger partial charge in [0.05, 0.1) is 5.56 Å². The van der Waals surface area contributed by atoms with Crippen molar-refractivity contribution >= 4 is 0 Å². The minimum Gasteiger partial charge on any atom is -0.508 e. The molecule has 0 atom stereocenters. The molecule has 50 valence electrons. The van der Waals surface area contributed by atoms with Crippen LogP contribution in [-0.2, 0) is 0 Å². The minimum atomic E-state index is -0.486. The molecule has 0 saturated carbocycles. The Kier molecular flexibility index (Phi) is 1.59. The third kappa shape index (κ3) is 1.08. The highest BCUT2D eigenvalue weighted by molar-refractivity contribution is 5.38. The number of hydrogen-bond acceptors (Lipinski definition) is 1. The molecular weight excluding hydrogens is 131 g/mol. The lowest BCUT2D eigenvalue weighted by Crippen LogP contribution is -1.80. The highest BCUT2D eigenvalue weighted by atomic mass is 19.1. The van der Waals surface area contributed by atoms with E-state index in [4.69, 9.17) is 11.5 Å². The van der Waals surface area contributed by atoms with Crippen molar-refractivity contribution in [1.82, 2.24) is 0 Å². The zero-order valence-electron chi connectivity index (χ0n) is 5.13. The Morgan fingerprint density at radius 3 is 2.70 bits per heavy atom. The van der Waals surface area contributed by atoms with Gasteiger partial charge in [-0.15, -0.1) is 6.42 Å². The maximum atomic E-state index is 12.5. The molecule has 10 heavy (non-hydrogen) atoms. The summed E-state index contributed by atoms with van der Waals surface area (Å²) in [5.41, 5.74) is 0.0833. The van der Waals surface area contributed by atoms with Gasteiger partial charge in [0.2, 0.25) is 0 Å². The molecule has 0 aliphatic heterocycles. The number of phenols is 1. The van der Waals surface area contributed by atoms with E-state index in [0.29, 0.717) is 0 Å². The van der Waals surface area contributed by atoms with Crippen molar-refractivity contribution in [2.45, 2.75) is 0 Å². The molecule has 2 heteroatoms. The van der Waals surface area contributed by atoms with E-state index in [0.717, 1.165) is 6.07 Å². The van der Waals surface area contributed by atoms with Crippen molar-refractivity contribution in [2.24, 2.45) is 0 Å². The fourth-order valence-corrected chi connectivity index (χ4v) is 0.624. The standard InChI is InChI=1S/C8H5FO/c1-2-6-5-7(10)3-4-8(6)9/h1,3-5,10H. The molecule has 0 aliphatic rings. The molecule has 0 fully saturated rings. The first-order valence-electron chi connectivity index (χ1n) is 2.69. The Balaban J connectivity index is 3.25. The predicted octanol–water partition coefficient (Wildman–Crippen LogP) is 1.51. The van der Waals surface area contributed by atoms with Crippen molar-refractivity contribution in [2.75, 3.05) is 0 Å². The van der Waals surface area contributed by atoms with Gasteiger partial charge in [0.15, 0.2) is 0 Å². The smallest absolute Gasteiger partial charge is 0.139 e. The summed E-state index contributed by atoms with van der Waals surface area (Å²) in [6.45, 7) is 0. The van der Waals surface area contributed by atoms with Crippen LogP contribution in [0.2, 0.25) is 0 Å². The predicted molar refractivity (Wildman–Crippen MR) is 36.0 cm³/mol. The van der Waals surface area contributed by atoms with E-state index in [1.165, 1.54) is 12.1 Å². The summed E-state index contributed by atoms with van der Waals surface area (Å²) in [6.07, 6.45) is 4.92. The Labute approximate surface area is 58.1 Å². The van der Waals surface area contributed by atoms with E-state index >= 15 is 0 Å². The normalized spacial score (nSPS) is 8.80. The summed E-state index contributed by atoms with van der Waals surface area (Å²) in [5, 5.41) is 8.81. The van der Waals surface area contributed by atoms with E-state index < -0.39 is 5.82 Å². The molecule has 0 saturated heterocycles. The average Bonchev–Trinajstić information content (AvgIpc) is 1.94. The SMILES string of the molecule is C#Cc1cc(O)ccc1F. The van der Waals surface area contributed by atoms with Crippen LogP contribution in [0.4, 0.5) is 4.39 Å². The Hall–Kier alpha value is -1.49. The average molecular weight is 136 g/mol. The van der Waals surface area contributed by atoms with Crippen LogP contribution >= 0.6 is 0 Å². The fraction of sp³-hybridized carbons (Fsp3) is 0. The highest BCUT2D eigenvalue weighted by Gasteiger charge is 1.97. The van der Waals surface area contributed by atoms with Gasteiger partial charge in [-0.25, -0.2) is 4.39 Å². The number of rotatable bonds is 0. The van der Waals surface area contributed by atoms with Gasteiger partial charge < -0.3 is 5.11 Å². The van der Waals surface area contributed by atoms with E-state index in [9.17, 15) is 4.39 Å². The summed E-state index contributed by atoms with van der Waals surface area (Å²) in [7, 11) is 0. The minimum absolute atomic E-state index is 0.0191. The first kappa shape index (κ1) is 6.63. The molecule has 0 radical (unpaired) electrons. The molecule has 0 aliphatic carbocycles. The number of terminal acetylenes is 1. The van der Waals surface area contributed by atoms with Gasteiger partial charge in [-0.3, -0.25) is 0 Å². The lowest BCUT2D eigenvalue weighted by atomic mass is 10.2. The van der Waals surface area contributed by atoms with Crippen molar-refractivity contribution in [3.63, 3.8) is 0 Å².